The molecular formula is C15H19N3O2S. The molecule has 2 aromatic rings. The van der Waals surface area contributed by atoms with Gasteiger partial charge in [-0.05, 0) is 24.1 Å². The number of nitrogens with zero attached hydrogens (tertiary/aromatic N) is 1. The molecule has 0 fully saturated rings. The minimum atomic E-state index is -3.54. The maximum Gasteiger partial charge on any atom is 0.242 e. The molecule has 0 amide bonds. The van der Waals surface area contributed by atoms with E-state index < -0.39 is 10.0 Å². The normalized spacial score (nSPS) is 11.3. The summed E-state index contributed by atoms with van der Waals surface area (Å²) in [5.41, 5.74) is 0.912. The van der Waals surface area contributed by atoms with Crippen LogP contribution in [0.3, 0.4) is 0 Å². The fourth-order valence-electron chi connectivity index (χ4n) is 1.75. The van der Waals surface area contributed by atoms with Crippen LogP contribution in [-0.2, 0) is 16.6 Å². The predicted molar refractivity (Wildman–Crippen MR) is 83.5 cm³/mol. The Morgan fingerprint density at radius 1 is 1.10 bits per heavy atom. The van der Waals surface area contributed by atoms with E-state index in [2.05, 4.69) is 21.9 Å². The molecule has 0 unspecified atom stereocenters. The summed E-state index contributed by atoms with van der Waals surface area (Å²) in [7, 11) is -3.54. The number of sulfonamides is 1. The maximum absolute atomic E-state index is 12.2. The topological polar surface area (TPSA) is 71.1 Å². The van der Waals surface area contributed by atoms with Gasteiger partial charge in [-0.1, -0.05) is 37.3 Å². The van der Waals surface area contributed by atoms with Gasteiger partial charge >= 0.3 is 0 Å². The van der Waals surface area contributed by atoms with Crippen LogP contribution >= 0.6 is 0 Å². The molecule has 0 atom stereocenters. The Balaban J connectivity index is 2.02. The van der Waals surface area contributed by atoms with Crippen LogP contribution in [0, 0.1) is 0 Å². The predicted octanol–water partition coefficient (Wildman–Crippen LogP) is 2.38. The summed E-state index contributed by atoms with van der Waals surface area (Å²) in [4.78, 5) is 4.27. The highest BCUT2D eigenvalue weighted by Gasteiger charge is 2.13. The summed E-state index contributed by atoms with van der Waals surface area (Å²) in [5.74, 6) is 0.679. The molecule has 112 valence electrons. The third-order valence-corrected chi connectivity index (χ3v) is 4.30. The van der Waals surface area contributed by atoms with Crippen molar-refractivity contribution in [1.29, 1.82) is 0 Å². The zero-order chi connectivity index (χ0) is 15.1. The van der Waals surface area contributed by atoms with Gasteiger partial charge in [0, 0.05) is 19.3 Å². The van der Waals surface area contributed by atoms with Crippen LogP contribution in [0.15, 0.2) is 53.6 Å². The second-order valence-corrected chi connectivity index (χ2v) is 6.38. The Morgan fingerprint density at radius 2 is 1.86 bits per heavy atom. The molecular weight excluding hydrogens is 286 g/mol. The van der Waals surface area contributed by atoms with Gasteiger partial charge in [0.25, 0.3) is 0 Å². The molecule has 1 aromatic heterocycles. The van der Waals surface area contributed by atoms with Crippen LogP contribution in [0.4, 0.5) is 5.82 Å². The Morgan fingerprint density at radius 3 is 2.48 bits per heavy atom. The van der Waals surface area contributed by atoms with E-state index >= 15 is 0 Å². The van der Waals surface area contributed by atoms with E-state index in [0.29, 0.717) is 5.82 Å². The van der Waals surface area contributed by atoms with Gasteiger partial charge in [0.15, 0.2) is 0 Å². The molecule has 0 aliphatic rings. The lowest BCUT2D eigenvalue weighted by atomic mass is 10.2. The first-order valence-electron chi connectivity index (χ1n) is 6.85. The van der Waals surface area contributed by atoms with E-state index in [-0.39, 0.29) is 11.4 Å². The van der Waals surface area contributed by atoms with E-state index in [9.17, 15) is 8.42 Å². The molecule has 0 saturated heterocycles. The van der Waals surface area contributed by atoms with E-state index in [1.54, 1.807) is 12.1 Å². The molecule has 0 aliphatic heterocycles. The highest BCUT2D eigenvalue weighted by atomic mass is 32.2. The molecule has 0 bridgehead atoms. The number of aromatic nitrogens is 1. The minimum Gasteiger partial charge on any atom is -0.370 e. The highest BCUT2D eigenvalue weighted by molar-refractivity contribution is 7.89. The highest BCUT2D eigenvalue weighted by Crippen LogP contribution is 2.11. The Hall–Kier alpha value is -1.92. The van der Waals surface area contributed by atoms with Crippen LogP contribution in [-0.4, -0.2) is 19.9 Å². The average Bonchev–Trinajstić information content (AvgIpc) is 2.52. The van der Waals surface area contributed by atoms with Crippen molar-refractivity contribution in [3.8, 4) is 0 Å². The van der Waals surface area contributed by atoms with Crippen molar-refractivity contribution in [2.45, 2.75) is 24.8 Å². The lowest BCUT2D eigenvalue weighted by Gasteiger charge is -2.08. The third kappa shape index (κ3) is 4.54. The minimum absolute atomic E-state index is 0.167. The number of benzene rings is 1. The van der Waals surface area contributed by atoms with E-state index in [0.717, 1.165) is 18.5 Å². The largest absolute Gasteiger partial charge is 0.370 e. The van der Waals surface area contributed by atoms with Gasteiger partial charge in [0.1, 0.15) is 10.7 Å². The van der Waals surface area contributed by atoms with Crippen molar-refractivity contribution in [1.82, 2.24) is 9.71 Å². The molecule has 21 heavy (non-hydrogen) atoms. The molecule has 0 radical (unpaired) electrons. The molecule has 0 saturated carbocycles. The average molecular weight is 305 g/mol. The summed E-state index contributed by atoms with van der Waals surface area (Å²) in [6.45, 7) is 3.13. The zero-order valence-electron chi connectivity index (χ0n) is 11.9. The Kier molecular flexibility index (Phi) is 5.30. The molecule has 0 aliphatic carbocycles. The van der Waals surface area contributed by atoms with Gasteiger partial charge in [0.05, 0.1) is 0 Å². The SMILES string of the molecule is CCCNc1ccc(S(=O)(=O)NCc2ccccc2)cn1. The van der Waals surface area contributed by atoms with E-state index in [1.807, 2.05) is 30.3 Å². The number of nitrogens with one attached hydrogen (secondary N) is 2. The van der Waals surface area contributed by atoms with Gasteiger partial charge in [-0.3, -0.25) is 0 Å². The third-order valence-electron chi connectivity index (χ3n) is 2.91. The summed E-state index contributed by atoms with van der Waals surface area (Å²) in [6.07, 6.45) is 2.35. The first-order valence-corrected chi connectivity index (χ1v) is 8.33. The van der Waals surface area contributed by atoms with Crippen LogP contribution in [0.5, 0.6) is 0 Å². The second-order valence-electron chi connectivity index (χ2n) is 4.62. The fourth-order valence-corrected chi connectivity index (χ4v) is 2.72. The molecule has 0 spiro atoms. The monoisotopic (exact) mass is 305 g/mol. The van der Waals surface area contributed by atoms with Crippen molar-refractivity contribution < 1.29 is 8.42 Å². The standard InChI is InChI=1S/C15H19N3O2S/c1-2-10-16-15-9-8-14(12-17-15)21(19,20)18-11-13-6-4-3-5-7-13/h3-9,12,18H,2,10-11H2,1H3,(H,16,17). The van der Waals surface area contributed by atoms with Gasteiger partial charge in [-0.25, -0.2) is 18.1 Å². The molecule has 1 heterocycles. The van der Waals surface area contributed by atoms with Crippen LogP contribution in [0.2, 0.25) is 0 Å². The van der Waals surface area contributed by atoms with E-state index in [1.165, 1.54) is 6.20 Å². The summed E-state index contributed by atoms with van der Waals surface area (Å²) < 4.78 is 26.9. The van der Waals surface area contributed by atoms with E-state index in [4.69, 9.17) is 0 Å². The van der Waals surface area contributed by atoms with Crippen LogP contribution < -0.4 is 10.0 Å². The van der Waals surface area contributed by atoms with Crippen molar-refractivity contribution >= 4 is 15.8 Å². The van der Waals surface area contributed by atoms with Crippen LogP contribution in [0.25, 0.3) is 0 Å². The molecule has 5 nitrogen and oxygen atoms in total. The van der Waals surface area contributed by atoms with Gasteiger partial charge in [0.2, 0.25) is 10.0 Å². The molecule has 6 heteroatoms. The lowest BCUT2D eigenvalue weighted by Crippen LogP contribution is -2.23. The van der Waals surface area contributed by atoms with Crippen molar-refractivity contribution in [3.63, 3.8) is 0 Å². The summed E-state index contributed by atoms with van der Waals surface area (Å²) in [6, 6.07) is 12.6. The molecule has 1 aromatic carbocycles. The van der Waals surface area contributed by atoms with Crippen molar-refractivity contribution in [2.75, 3.05) is 11.9 Å². The first kappa shape index (κ1) is 15.5. The number of rotatable bonds is 7. The number of hydrogen-bond acceptors (Lipinski definition) is 4. The first-order chi connectivity index (χ1) is 10.1. The molecule has 2 N–H and O–H groups in total. The van der Waals surface area contributed by atoms with Gasteiger partial charge < -0.3 is 5.32 Å². The fraction of sp³-hybridized carbons (Fsp3) is 0.267. The summed E-state index contributed by atoms with van der Waals surface area (Å²) >= 11 is 0. The van der Waals surface area contributed by atoms with Crippen molar-refractivity contribution in [2.24, 2.45) is 0 Å². The zero-order valence-corrected chi connectivity index (χ0v) is 12.7. The van der Waals surface area contributed by atoms with Gasteiger partial charge in [-0.2, -0.15) is 0 Å². The van der Waals surface area contributed by atoms with Gasteiger partial charge in [-0.15, -0.1) is 0 Å². The Labute approximate surface area is 125 Å². The van der Waals surface area contributed by atoms with Crippen LogP contribution in [0.1, 0.15) is 18.9 Å². The number of hydrogen-bond donors (Lipinski definition) is 2. The summed E-state index contributed by atoms with van der Waals surface area (Å²) in [5, 5.41) is 3.10. The maximum atomic E-state index is 12.2. The second kappa shape index (κ2) is 7.19. The number of pyridine rings is 1. The quantitative estimate of drug-likeness (QED) is 0.824. The lowest BCUT2D eigenvalue weighted by molar-refractivity contribution is 0.581. The smallest absolute Gasteiger partial charge is 0.242 e. The molecule has 2 rings (SSSR count). The number of anilines is 1. The van der Waals surface area contributed by atoms with Crippen molar-refractivity contribution in [3.05, 3.63) is 54.2 Å². The Bertz CT molecular complexity index is 655.